The maximum atomic E-state index is 11.7. The number of sulfone groups is 1. The molecule has 0 spiro atoms. The average Bonchev–Trinajstić information content (AvgIpc) is 2.22. The zero-order valence-corrected chi connectivity index (χ0v) is 12.1. The number of hydrogen-bond donors (Lipinski definition) is 2. The number of carbonyl (C=O) groups is 2. The summed E-state index contributed by atoms with van der Waals surface area (Å²) < 4.78 is 23.3. The minimum atomic E-state index is -3.46. The molecule has 1 atom stereocenters. The fourth-order valence-electron chi connectivity index (χ4n) is 1.28. The van der Waals surface area contributed by atoms with Gasteiger partial charge in [0, 0.05) is 6.92 Å². The summed E-state index contributed by atoms with van der Waals surface area (Å²) in [6.07, 6.45) is 0.493. The van der Waals surface area contributed by atoms with Crippen LogP contribution >= 0.6 is 11.8 Å². The Bertz CT molecular complexity index is 380. The molecule has 0 aliphatic rings. The van der Waals surface area contributed by atoms with Crippen molar-refractivity contribution in [1.29, 1.82) is 0 Å². The van der Waals surface area contributed by atoms with Gasteiger partial charge in [0.05, 0.1) is 11.5 Å². The molecule has 6 nitrogen and oxygen atoms in total. The SMILES string of the molecule is CCSCCCS(=O)(=O)CC(NC(C)=O)C(=O)O. The van der Waals surface area contributed by atoms with Gasteiger partial charge < -0.3 is 10.4 Å². The number of carboxylic acids is 1. The molecule has 18 heavy (non-hydrogen) atoms. The molecule has 0 rings (SSSR count). The largest absolute Gasteiger partial charge is 0.480 e. The van der Waals surface area contributed by atoms with Crippen molar-refractivity contribution in [2.24, 2.45) is 0 Å². The lowest BCUT2D eigenvalue weighted by Gasteiger charge is -2.13. The number of nitrogens with one attached hydrogen (secondary N) is 1. The van der Waals surface area contributed by atoms with Crippen molar-refractivity contribution < 1.29 is 23.1 Å². The summed E-state index contributed by atoms with van der Waals surface area (Å²) in [6.45, 7) is 3.14. The van der Waals surface area contributed by atoms with Gasteiger partial charge in [0.25, 0.3) is 0 Å². The molecule has 0 aromatic carbocycles. The van der Waals surface area contributed by atoms with E-state index >= 15 is 0 Å². The molecule has 0 saturated carbocycles. The summed E-state index contributed by atoms with van der Waals surface area (Å²) >= 11 is 1.63. The van der Waals surface area contributed by atoms with E-state index in [4.69, 9.17) is 5.11 Å². The second kappa shape index (κ2) is 8.36. The highest BCUT2D eigenvalue weighted by molar-refractivity contribution is 7.99. The maximum Gasteiger partial charge on any atom is 0.327 e. The second-order valence-corrected chi connectivity index (χ2v) is 7.38. The lowest BCUT2D eigenvalue weighted by atomic mass is 10.3. The Hall–Kier alpha value is -0.760. The van der Waals surface area contributed by atoms with Gasteiger partial charge in [0.1, 0.15) is 6.04 Å². The molecule has 0 aliphatic heterocycles. The Balaban J connectivity index is 4.33. The van der Waals surface area contributed by atoms with Gasteiger partial charge in [0.2, 0.25) is 5.91 Å². The molecule has 0 bridgehead atoms. The Morgan fingerprint density at radius 3 is 2.44 bits per heavy atom. The van der Waals surface area contributed by atoms with E-state index < -0.39 is 33.5 Å². The molecule has 8 heteroatoms. The molecule has 2 N–H and O–H groups in total. The number of thioether (sulfide) groups is 1. The highest BCUT2D eigenvalue weighted by Gasteiger charge is 2.25. The Morgan fingerprint density at radius 2 is 2.00 bits per heavy atom. The van der Waals surface area contributed by atoms with Crippen molar-refractivity contribution in [1.82, 2.24) is 5.32 Å². The van der Waals surface area contributed by atoms with Gasteiger partial charge in [-0.25, -0.2) is 13.2 Å². The smallest absolute Gasteiger partial charge is 0.327 e. The molecule has 0 aromatic rings. The van der Waals surface area contributed by atoms with Crippen LogP contribution in [0.2, 0.25) is 0 Å². The first-order valence-corrected chi connectivity index (χ1v) is 8.54. The molecule has 106 valence electrons. The van der Waals surface area contributed by atoms with E-state index in [1.165, 1.54) is 0 Å². The van der Waals surface area contributed by atoms with Crippen molar-refractivity contribution in [2.75, 3.05) is 23.0 Å². The highest BCUT2D eigenvalue weighted by Crippen LogP contribution is 2.05. The Morgan fingerprint density at radius 1 is 1.39 bits per heavy atom. The minimum Gasteiger partial charge on any atom is -0.480 e. The quantitative estimate of drug-likeness (QED) is 0.587. The summed E-state index contributed by atoms with van der Waals surface area (Å²) in [4.78, 5) is 21.6. The number of carboxylic acid groups (broad SMARTS) is 1. The van der Waals surface area contributed by atoms with Crippen LogP contribution in [0.5, 0.6) is 0 Å². The third-order valence-corrected chi connectivity index (χ3v) is 4.78. The van der Waals surface area contributed by atoms with E-state index in [9.17, 15) is 18.0 Å². The Kier molecular flexibility index (Phi) is 8.01. The van der Waals surface area contributed by atoms with Crippen LogP contribution in [0.25, 0.3) is 0 Å². The monoisotopic (exact) mass is 297 g/mol. The van der Waals surface area contributed by atoms with E-state index in [2.05, 4.69) is 5.32 Å². The van der Waals surface area contributed by atoms with E-state index in [1.54, 1.807) is 11.8 Å². The molecule has 0 aliphatic carbocycles. The van der Waals surface area contributed by atoms with Gasteiger partial charge in [-0.2, -0.15) is 11.8 Å². The summed E-state index contributed by atoms with van der Waals surface area (Å²) in [7, 11) is -3.46. The lowest BCUT2D eigenvalue weighted by molar-refractivity contribution is -0.140. The molecular weight excluding hydrogens is 278 g/mol. The Labute approximate surface area is 111 Å². The number of carbonyl (C=O) groups excluding carboxylic acids is 1. The zero-order chi connectivity index (χ0) is 14.2. The van der Waals surface area contributed by atoms with Crippen molar-refractivity contribution in [3.8, 4) is 0 Å². The van der Waals surface area contributed by atoms with Crippen LogP contribution in [0.1, 0.15) is 20.3 Å². The van der Waals surface area contributed by atoms with E-state index in [-0.39, 0.29) is 5.75 Å². The number of hydrogen-bond acceptors (Lipinski definition) is 5. The van der Waals surface area contributed by atoms with Crippen LogP contribution in [-0.2, 0) is 19.4 Å². The summed E-state index contributed by atoms with van der Waals surface area (Å²) in [5.74, 6) is -0.852. The standard InChI is InChI=1S/C10H19NO5S2/c1-3-17-5-4-6-18(15,16)7-9(10(13)14)11-8(2)12/h9H,3-7H2,1-2H3,(H,11,12)(H,13,14). The predicted molar refractivity (Wildman–Crippen MR) is 71.5 cm³/mol. The number of aliphatic carboxylic acids is 1. The van der Waals surface area contributed by atoms with Crippen molar-refractivity contribution >= 4 is 33.5 Å². The normalized spacial score (nSPS) is 13.0. The summed E-state index contributed by atoms with van der Waals surface area (Å²) in [5.41, 5.74) is 0. The molecule has 0 radical (unpaired) electrons. The molecule has 0 aromatic heterocycles. The van der Waals surface area contributed by atoms with E-state index in [1.807, 2.05) is 6.92 Å². The number of rotatable bonds is 9. The summed E-state index contributed by atoms with van der Waals surface area (Å²) in [5, 5.41) is 10.9. The number of amides is 1. The van der Waals surface area contributed by atoms with Crippen LogP contribution in [0.3, 0.4) is 0 Å². The fourth-order valence-corrected chi connectivity index (χ4v) is 3.59. The molecular formula is C10H19NO5S2. The van der Waals surface area contributed by atoms with Crippen LogP contribution < -0.4 is 5.32 Å². The lowest BCUT2D eigenvalue weighted by Crippen LogP contribution is -2.44. The van der Waals surface area contributed by atoms with Crippen molar-refractivity contribution in [3.63, 3.8) is 0 Å². The van der Waals surface area contributed by atoms with Crippen LogP contribution in [0.4, 0.5) is 0 Å². The first-order valence-electron chi connectivity index (χ1n) is 5.56. The van der Waals surface area contributed by atoms with Gasteiger partial charge in [0.15, 0.2) is 9.84 Å². The van der Waals surface area contributed by atoms with Crippen molar-refractivity contribution in [2.45, 2.75) is 26.3 Å². The van der Waals surface area contributed by atoms with Crippen LogP contribution in [0, 0.1) is 0 Å². The van der Waals surface area contributed by atoms with Crippen LogP contribution in [-0.4, -0.2) is 54.5 Å². The van der Waals surface area contributed by atoms with Gasteiger partial charge in [-0.3, -0.25) is 4.79 Å². The van der Waals surface area contributed by atoms with E-state index in [0.29, 0.717) is 6.42 Å². The predicted octanol–water partition coefficient (Wildman–Crippen LogP) is 0.134. The molecule has 1 unspecified atom stereocenters. The molecule has 0 heterocycles. The fraction of sp³-hybridized carbons (Fsp3) is 0.800. The van der Waals surface area contributed by atoms with Gasteiger partial charge in [-0.05, 0) is 17.9 Å². The molecule has 0 saturated heterocycles. The zero-order valence-electron chi connectivity index (χ0n) is 10.5. The highest BCUT2D eigenvalue weighted by atomic mass is 32.2. The molecule has 1 amide bonds. The minimum absolute atomic E-state index is 0.0522. The van der Waals surface area contributed by atoms with Crippen molar-refractivity contribution in [3.05, 3.63) is 0 Å². The first-order chi connectivity index (χ1) is 8.28. The molecule has 0 fully saturated rings. The van der Waals surface area contributed by atoms with E-state index in [0.717, 1.165) is 18.4 Å². The third-order valence-electron chi connectivity index (χ3n) is 2.04. The topological polar surface area (TPSA) is 101 Å². The van der Waals surface area contributed by atoms with Gasteiger partial charge in [-0.1, -0.05) is 6.92 Å². The van der Waals surface area contributed by atoms with Gasteiger partial charge in [-0.15, -0.1) is 0 Å². The van der Waals surface area contributed by atoms with Gasteiger partial charge >= 0.3 is 5.97 Å². The summed E-state index contributed by atoms with van der Waals surface area (Å²) in [6, 6.07) is -1.37. The first kappa shape index (κ1) is 17.2. The van der Waals surface area contributed by atoms with Crippen LogP contribution in [0.15, 0.2) is 0 Å². The third kappa shape index (κ3) is 8.35. The average molecular weight is 297 g/mol. The second-order valence-electron chi connectivity index (χ2n) is 3.76. The maximum absolute atomic E-state index is 11.7.